The molecular formula is C12H22O. The number of hydrogen-bond acceptors (Lipinski definition) is 1. The van der Waals surface area contributed by atoms with Crippen LogP contribution in [-0.2, 0) is 4.74 Å². The fraction of sp³-hybridized carbons (Fsp3) is 1.00. The van der Waals surface area contributed by atoms with E-state index in [1.54, 1.807) is 0 Å². The van der Waals surface area contributed by atoms with E-state index in [2.05, 4.69) is 13.8 Å². The zero-order chi connectivity index (χ0) is 9.31. The molecular weight excluding hydrogens is 160 g/mol. The Labute approximate surface area is 81.9 Å². The second kappa shape index (κ2) is 3.61. The molecule has 1 heteroatoms. The van der Waals surface area contributed by atoms with Gasteiger partial charge in [-0.25, -0.2) is 0 Å². The SMILES string of the molecule is CC1(C)CC2CCCC(COC2)C1. The van der Waals surface area contributed by atoms with Crippen LogP contribution in [0.4, 0.5) is 0 Å². The average Bonchev–Trinajstić information content (AvgIpc) is 1.93. The third-order valence-electron chi connectivity index (χ3n) is 3.61. The maximum Gasteiger partial charge on any atom is 0.0494 e. The molecule has 0 radical (unpaired) electrons. The highest BCUT2D eigenvalue weighted by molar-refractivity contribution is 4.82. The predicted octanol–water partition coefficient (Wildman–Crippen LogP) is 3.24. The van der Waals surface area contributed by atoms with Gasteiger partial charge in [0, 0.05) is 13.2 Å². The molecule has 0 N–H and O–H groups in total. The lowest BCUT2D eigenvalue weighted by molar-refractivity contribution is -0.00493. The first-order chi connectivity index (χ1) is 6.16. The first-order valence-electron chi connectivity index (χ1n) is 5.73. The van der Waals surface area contributed by atoms with Crippen molar-refractivity contribution in [3.63, 3.8) is 0 Å². The van der Waals surface area contributed by atoms with E-state index in [-0.39, 0.29) is 0 Å². The third-order valence-corrected chi connectivity index (χ3v) is 3.61. The molecule has 3 aliphatic rings. The van der Waals surface area contributed by atoms with Gasteiger partial charge < -0.3 is 4.74 Å². The molecule has 0 aromatic rings. The molecule has 13 heavy (non-hydrogen) atoms. The quantitative estimate of drug-likeness (QED) is 0.559. The Hall–Kier alpha value is -0.0400. The van der Waals surface area contributed by atoms with Crippen molar-refractivity contribution in [2.24, 2.45) is 17.3 Å². The summed E-state index contributed by atoms with van der Waals surface area (Å²) < 4.78 is 5.73. The summed E-state index contributed by atoms with van der Waals surface area (Å²) in [7, 11) is 0. The lowest BCUT2D eigenvalue weighted by Crippen LogP contribution is -2.31. The van der Waals surface area contributed by atoms with E-state index in [4.69, 9.17) is 4.74 Å². The summed E-state index contributed by atoms with van der Waals surface area (Å²) in [6.45, 7) is 6.92. The molecule has 2 bridgehead atoms. The van der Waals surface area contributed by atoms with Gasteiger partial charge in [-0.3, -0.25) is 0 Å². The van der Waals surface area contributed by atoms with Gasteiger partial charge in [0.2, 0.25) is 0 Å². The van der Waals surface area contributed by atoms with Crippen molar-refractivity contribution in [2.75, 3.05) is 13.2 Å². The largest absolute Gasteiger partial charge is 0.381 e. The zero-order valence-corrected chi connectivity index (χ0v) is 9.01. The van der Waals surface area contributed by atoms with Crippen LogP contribution in [0.2, 0.25) is 0 Å². The molecule has 3 fully saturated rings. The van der Waals surface area contributed by atoms with Gasteiger partial charge in [-0.15, -0.1) is 0 Å². The molecule has 1 nitrogen and oxygen atoms in total. The van der Waals surface area contributed by atoms with E-state index in [1.165, 1.54) is 32.1 Å². The average molecular weight is 182 g/mol. The van der Waals surface area contributed by atoms with Gasteiger partial charge in [0.25, 0.3) is 0 Å². The van der Waals surface area contributed by atoms with E-state index in [0.717, 1.165) is 25.0 Å². The molecule has 1 aliphatic carbocycles. The lowest BCUT2D eigenvalue weighted by Gasteiger charge is -2.38. The molecule has 2 heterocycles. The Balaban J connectivity index is 2.09. The van der Waals surface area contributed by atoms with Crippen LogP contribution in [-0.4, -0.2) is 13.2 Å². The Bertz CT molecular complexity index is 148. The maximum absolute atomic E-state index is 5.73. The molecule has 3 rings (SSSR count). The highest BCUT2D eigenvalue weighted by atomic mass is 16.5. The molecule has 1 saturated carbocycles. The highest BCUT2D eigenvalue weighted by Crippen LogP contribution is 2.40. The van der Waals surface area contributed by atoms with E-state index < -0.39 is 0 Å². The number of hydrogen-bond donors (Lipinski definition) is 0. The van der Waals surface area contributed by atoms with E-state index in [0.29, 0.717) is 5.41 Å². The summed E-state index contributed by atoms with van der Waals surface area (Å²) in [5.41, 5.74) is 0.569. The van der Waals surface area contributed by atoms with Crippen molar-refractivity contribution in [1.82, 2.24) is 0 Å². The van der Waals surface area contributed by atoms with Crippen LogP contribution in [0.25, 0.3) is 0 Å². The summed E-state index contributed by atoms with van der Waals surface area (Å²) in [5, 5.41) is 0. The van der Waals surface area contributed by atoms with E-state index in [1.807, 2.05) is 0 Å². The van der Waals surface area contributed by atoms with Crippen molar-refractivity contribution in [3.8, 4) is 0 Å². The van der Waals surface area contributed by atoms with Crippen LogP contribution in [0.15, 0.2) is 0 Å². The Kier molecular flexibility index (Phi) is 2.64. The number of fused-ring (bicyclic) bond motifs is 6. The Morgan fingerprint density at radius 3 is 2.08 bits per heavy atom. The van der Waals surface area contributed by atoms with Gasteiger partial charge >= 0.3 is 0 Å². The summed E-state index contributed by atoms with van der Waals surface area (Å²) in [5.74, 6) is 1.69. The first-order valence-corrected chi connectivity index (χ1v) is 5.73. The van der Waals surface area contributed by atoms with Crippen molar-refractivity contribution in [2.45, 2.75) is 46.0 Å². The van der Waals surface area contributed by atoms with Gasteiger partial charge in [-0.2, -0.15) is 0 Å². The van der Waals surface area contributed by atoms with Crippen molar-refractivity contribution in [1.29, 1.82) is 0 Å². The standard InChI is InChI=1S/C12H22O/c1-12(2)6-10-4-3-5-11(7-12)9-13-8-10/h10-11H,3-9H2,1-2H3. The minimum Gasteiger partial charge on any atom is -0.381 e. The summed E-state index contributed by atoms with van der Waals surface area (Å²) in [4.78, 5) is 0. The molecule has 2 aliphatic heterocycles. The van der Waals surface area contributed by atoms with Gasteiger partial charge in [-0.05, 0) is 42.9 Å². The van der Waals surface area contributed by atoms with Crippen molar-refractivity contribution < 1.29 is 4.74 Å². The molecule has 76 valence electrons. The summed E-state index contributed by atoms with van der Waals surface area (Å²) in [6.07, 6.45) is 7.00. The van der Waals surface area contributed by atoms with Gasteiger partial charge in [0.05, 0.1) is 0 Å². The van der Waals surface area contributed by atoms with Crippen LogP contribution in [0.5, 0.6) is 0 Å². The Morgan fingerprint density at radius 1 is 1.00 bits per heavy atom. The summed E-state index contributed by atoms with van der Waals surface area (Å²) >= 11 is 0. The van der Waals surface area contributed by atoms with E-state index in [9.17, 15) is 0 Å². The molecule has 2 saturated heterocycles. The van der Waals surface area contributed by atoms with Crippen LogP contribution < -0.4 is 0 Å². The van der Waals surface area contributed by atoms with Crippen LogP contribution in [0.3, 0.4) is 0 Å². The molecule has 2 atom stereocenters. The second-order valence-corrected chi connectivity index (χ2v) is 5.77. The lowest BCUT2D eigenvalue weighted by atomic mass is 9.71. The molecule has 0 spiro atoms. The minimum absolute atomic E-state index is 0.569. The predicted molar refractivity (Wildman–Crippen MR) is 54.7 cm³/mol. The zero-order valence-electron chi connectivity index (χ0n) is 9.01. The minimum atomic E-state index is 0.569. The van der Waals surface area contributed by atoms with Gasteiger partial charge in [0.1, 0.15) is 0 Å². The van der Waals surface area contributed by atoms with Crippen molar-refractivity contribution in [3.05, 3.63) is 0 Å². The van der Waals surface area contributed by atoms with Crippen LogP contribution in [0, 0.1) is 17.3 Å². The molecule has 0 aromatic carbocycles. The van der Waals surface area contributed by atoms with Crippen molar-refractivity contribution >= 4 is 0 Å². The fourth-order valence-electron chi connectivity index (χ4n) is 3.23. The molecule has 0 aromatic heterocycles. The third kappa shape index (κ3) is 2.46. The highest BCUT2D eigenvalue weighted by Gasteiger charge is 2.31. The molecule has 0 amide bonds. The smallest absolute Gasteiger partial charge is 0.0494 e. The normalized spacial score (nSPS) is 39.2. The van der Waals surface area contributed by atoms with Crippen LogP contribution >= 0.6 is 0 Å². The number of rotatable bonds is 0. The van der Waals surface area contributed by atoms with E-state index >= 15 is 0 Å². The topological polar surface area (TPSA) is 9.23 Å². The van der Waals surface area contributed by atoms with Gasteiger partial charge in [-0.1, -0.05) is 20.3 Å². The second-order valence-electron chi connectivity index (χ2n) is 5.77. The van der Waals surface area contributed by atoms with Gasteiger partial charge in [0.15, 0.2) is 0 Å². The maximum atomic E-state index is 5.73. The number of ether oxygens (including phenoxy) is 1. The Morgan fingerprint density at radius 2 is 1.54 bits per heavy atom. The van der Waals surface area contributed by atoms with Crippen LogP contribution in [0.1, 0.15) is 46.0 Å². The monoisotopic (exact) mass is 182 g/mol. The molecule has 2 unspecified atom stereocenters. The summed E-state index contributed by atoms with van der Waals surface area (Å²) in [6, 6.07) is 0. The first kappa shape index (κ1) is 9.51. The fourth-order valence-corrected chi connectivity index (χ4v) is 3.23.